The molecule has 0 bridgehead atoms. The Kier molecular flexibility index (Phi) is 5.01. The Labute approximate surface area is 158 Å². The molecule has 0 radical (unpaired) electrons. The molecule has 1 aliphatic carbocycles. The van der Waals surface area contributed by atoms with Gasteiger partial charge in [-0.3, -0.25) is 4.79 Å². The third-order valence-electron chi connectivity index (χ3n) is 5.15. The molecule has 1 fully saturated rings. The number of rotatable bonds is 8. The van der Waals surface area contributed by atoms with Crippen LogP contribution in [0.15, 0.2) is 65.1 Å². The van der Waals surface area contributed by atoms with Crippen molar-refractivity contribution in [2.75, 3.05) is 6.54 Å². The van der Waals surface area contributed by atoms with Gasteiger partial charge in [0, 0.05) is 30.4 Å². The van der Waals surface area contributed by atoms with E-state index in [4.69, 9.17) is 4.42 Å². The molecule has 0 saturated heterocycles. The monoisotopic (exact) mass is 361 g/mol. The van der Waals surface area contributed by atoms with Crippen LogP contribution in [-0.4, -0.2) is 22.6 Å². The van der Waals surface area contributed by atoms with Gasteiger partial charge in [0.05, 0.1) is 0 Å². The van der Waals surface area contributed by atoms with Crippen LogP contribution in [0.5, 0.6) is 0 Å². The molecule has 1 aromatic heterocycles. The molecule has 138 valence electrons. The summed E-state index contributed by atoms with van der Waals surface area (Å²) >= 11 is 0. The Morgan fingerprint density at radius 3 is 2.41 bits per heavy atom. The maximum atomic E-state index is 12.2. The lowest BCUT2D eigenvalue weighted by atomic mass is 9.96. The van der Waals surface area contributed by atoms with Crippen molar-refractivity contribution >= 4 is 5.91 Å². The summed E-state index contributed by atoms with van der Waals surface area (Å²) in [6, 6.07) is 20.1. The summed E-state index contributed by atoms with van der Waals surface area (Å²) < 4.78 is 5.68. The lowest BCUT2D eigenvalue weighted by molar-refractivity contribution is -0.121. The van der Waals surface area contributed by atoms with Crippen LogP contribution >= 0.6 is 0 Å². The third kappa shape index (κ3) is 4.25. The summed E-state index contributed by atoms with van der Waals surface area (Å²) in [5, 5.41) is 11.2. The molecule has 0 atom stereocenters. The van der Waals surface area contributed by atoms with Gasteiger partial charge in [-0.1, -0.05) is 48.5 Å². The molecule has 1 saturated carbocycles. The van der Waals surface area contributed by atoms with Gasteiger partial charge in [-0.2, -0.15) is 0 Å². The molecule has 5 nitrogen and oxygen atoms in total. The Bertz CT molecular complexity index is 886. The highest BCUT2D eigenvalue weighted by Crippen LogP contribution is 2.47. The summed E-state index contributed by atoms with van der Waals surface area (Å²) in [5.74, 6) is 1.18. The van der Waals surface area contributed by atoms with Gasteiger partial charge in [0.1, 0.15) is 0 Å². The minimum Gasteiger partial charge on any atom is -0.421 e. The summed E-state index contributed by atoms with van der Waals surface area (Å²) in [4.78, 5) is 12.2. The average Bonchev–Trinajstić information content (AvgIpc) is 3.38. The zero-order chi connectivity index (χ0) is 18.5. The molecular formula is C22H23N3O2. The number of nitrogens with zero attached hydrogens (tertiary/aromatic N) is 2. The number of aryl methyl sites for hydroxylation is 1. The first-order valence-corrected chi connectivity index (χ1v) is 9.45. The fourth-order valence-corrected chi connectivity index (χ4v) is 3.32. The van der Waals surface area contributed by atoms with E-state index in [1.165, 1.54) is 5.56 Å². The van der Waals surface area contributed by atoms with Crippen molar-refractivity contribution in [2.24, 2.45) is 0 Å². The predicted octanol–water partition coefficient (Wildman–Crippen LogP) is 3.91. The quantitative estimate of drug-likeness (QED) is 0.660. The van der Waals surface area contributed by atoms with E-state index in [1.54, 1.807) is 0 Å². The highest BCUT2D eigenvalue weighted by molar-refractivity contribution is 5.76. The molecule has 1 heterocycles. The van der Waals surface area contributed by atoms with Crippen LogP contribution in [0.1, 0.15) is 37.1 Å². The number of hydrogen-bond acceptors (Lipinski definition) is 4. The van der Waals surface area contributed by atoms with Crippen molar-refractivity contribution in [2.45, 2.75) is 37.5 Å². The van der Waals surface area contributed by atoms with E-state index < -0.39 is 0 Å². The largest absolute Gasteiger partial charge is 0.421 e. The van der Waals surface area contributed by atoms with E-state index in [-0.39, 0.29) is 11.3 Å². The molecule has 3 aromatic rings. The van der Waals surface area contributed by atoms with Crippen molar-refractivity contribution in [1.82, 2.24) is 15.5 Å². The molecule has 0 unspecified atom stereocenters. The maximum Gasteiger partial charge on any atom is 0.247 e. The van der Waals surface area contributed by atoms with Gasteiger partial charge in [-0.25, -0.2) is 0 Å². The van der Waals surface area contributed by atoms with Gasteiger partial charge in [-0.15, -0.1) is 10.2 Å². The number of hydrogen-bond donors (Lipinski definition) is 1. The number of carbonyl (C=O) groups excluding carboxylic acids is 1. The van der Waals surface area contributed by atoms with Gasteiger partial charge in [-0.05, 0) is 37.0 Å². The smallest absolute Gasteiger partial charge is 0.247 e. The zero-order valence-electron chi connectivity index (χ0n) is 15.2. The maximum absolute atomic E-state index is 12.2. The van der Waals surface area contributed by atoms with Gasteiger partial charge in [0.25, 0.3) is 0 Å². The summed E-state index contributed by atoms with van der Waals surface area (Å²) in [5.41, 5.74) is 2.38. The average molecular weight is 361 g/mol. The van der Waals surface area contributed by atoms with Crippen LogP contribution in [0, 0.1) is 0 Å². The van der Waals surface area contributed by atoms with Crippen LogP contribution in [0.25, 0.3) is 11.5 Å². The second kappa shape index (κ2) is 7.74. The molecule has 1 N–H and O–H groups in total. The standard InChI is InChI=1S/C22H23N3O2/c26-19(23-16-22(14-15-22)18-10-5-2-6-11-18)12-7-13-20-24-25-21(27-20)17-8-3-1-4-9-17/h1-6,8-11H,7,12-16H2,(H,23,26). The van der Waals surface area contributed by atoms with Crippen LogP contribution < -0.4 is 5.32 Å². The van der Waals surface area contributed by atoms with Gasteiger partial charge in [0.15, 0.2) is 0 Å². The van der Waals surface area contributed by atoms with Crippen LogP contribution in [0.3, 0.4) is 0 Å². The second-order valence-electron chi connectivity index (χ2n) is 7.14. The SMILES string of the molecule is O=C(CCCc1nnc(-c2ccccc2)o1)NCC1(c2ccccc2)CC1. The van der Waals surface area contributed by atoms with Crippen molar-refractivity contribution in [3.63, 3.8) is 0 Å². The highest BCUT2D eigenvalue weighted by Gasteiger charge is 2.44. The summed E-state index contributed by atoms with van der Waals surface area (Å²) in [6.07, 6.45) is 4.05. The topological polar surface area (TPSA) is 68.0 Å². The van der Waals surface area contributed by atoms with Crippen LogP contribution in [-0.2, 0) is 16.6 Å². The molecule has 27 heavy (non-hydrogen) atoms. The molecular weight excluding hydrogens is 338 g/mol. The molecule has 0 spiro atoms. The number of amides is 1. The van der Waals surface area contributed by atoms with Crippen molar-refractivity contribution in [3.8, 4) is 11.5 Å². The first-order valence-electron chi connectivity index (χ1n) is 9.45. The number of nitrogens with one attached hydrogen (secondary N) is 1. The van der Waals surface area contributed by atoms with E-state index >= 15 is 0 Å². The number of carbonyl (C=O) groups is 1. The molecule has 0 aliphatic heterocycles. The fourth-order valence-electron chi connectivity index (χ4n) is 3.32. The second-order valence-corrected chi connectivity index (χ2v) is 7.14. The first kappa shape index (κ1) is 17.5. The Morgan fingerprint density at radius 2 is 1.70 bits per heavy atom. The van der Waals surface area contributed by atoms with E-state index in [0.29, 0.717) is 37.6 Å². The lowest BCUT2D eigenvalue weighted by Crippen LogP contribution is -2.32. The van der Waals surface area contributed by atoms with Crippen LogP contribution in [0.4, 0.5) is 0 Å². The van der Waals surface area contributed by atoms with E-state index in [2.05, 4.69) is 39.8 Å². The molecule has 5 heteroatoms. The minimum atomic E-state index is 0.0833. The summed E-state index contributed by atoms with van der Waals surface area (Å²) in [7, 11) is 0. The van der Waals surface area contributed by atoms with Crippen LogP contribution in [0.2, 0.25) is 0 Å². The Morgan fingerprint density at radius 1 is 1.00 bits per heavy atom. The lowest BCUT2D eigenvalue weighted by Gasteiger charge is -2.16. The number of aromatic nitrogens is 2. The molecule has 1 aliphatic rings. The van der Waals surface area contributed by atoms with E-state index in [0.717, 1.165) is 18.4 Å². The summed E-state index contributed by atoms with van der Waals surface area (Å²) in [6.45, 7) is 0.717. The van der Waals surface area contributed by atoms with Gasteiger partial charge in [0.2, 0.25) is 17.7 Å². The molecule has 2 aromatic carbocycles. The zero-order valence-corrected chi connectivity index (χ0v) is 15.2. The van der Waals surface area contributed by atoms with Gasteiger partial charge < -0.3 is 9.73 Å². The van der Waals surface area contributed by atoms with Crippen molar-refractivity contribution in [1.29, 1.82) is 0 Å². The third-order valence-corrected chi connectivity index (χ3v) is 5.15. The highest BCUT2D eigenvalue weighted by atomic mass is 16.4. The Balaban J connectivity index is 1.22. The number of benzene rings is 2. The van der Waals surface area contributed by atoms with E-state index in [9.17, 15) is 4.79 Å². The predicted molar refractivity (Wildman–Crippen MR) is 103 cm³/mol. The normalized spacial score (nSPS) is 14.7. The molecule has 1 amide bonds. The van der Waals surface area contributed by atoms with Crippen molar-refractivity contribution in [3.05, 3.63) is 72.1 Å². The fraction of sp³-hybridized carbons (Fsp3) is 0.318. The van der Waals surface area contributed by atoms with Crippen molar-refractivity contribution < 1.29 is 9.21 Å². The minimum absolute atomic E-state index is 0.0833. The molecule has 4 rings (SSSR count). The Hall–Kier alpha value is -2.95. The van der Waals surface area contributed by atoms with Gasteiger partial charge >= 0.3 is 0 Å². The van der Waals surface area contributed by atoms with E-state index in [1.807, 2.05) is 36.4 Å². The first-order chi connectivity index (χ1) is 13.3.